The summed E-state index contributed by atoms with van der Waals surface area (Å²) in [6, 6.07) is 9.77. The molecule has 8 heteroatoms. The molecule has 23 heavy (non-hydrogen) atoms. The van der Waals surface area contributed by atoms with E-state index in [4.69, 9.17) is 0 Å². The van der Waals surface area contributed by atoms with Gasteiger partial charge >= 0.3 is 0 Å². The first kappa shape index (κ1) is 15.2. The number of nitrogens with one attached hydrogen (secondary N) is 2. The van der Waals surface area contributed by atoms with Crippen LogP contribution in [-0.4, -0.2) is 32.1 Å². The van der Waals surface area contributed by atoms with Crippen LogP contribution in [0, 0.1) is 0 Å². The largest absolute Gasteiger partial charge is 0.290 e. The molecule has 0 aliphatic heterocycles. The summed E-state index contributed by atoms with van der Waals surface area (Å²) in [5, 5.41) is 14.9. The smallest absolute Gasteiger partial charge is 0.277 e. The quantitative estimate of drug-likeness (QED) is 0.544. The van der Waals surface area contributed by atoms with Crippen molar-refractivity contribution in [2.24, 2.45) is 12.1 Å². The number of aryl methyl sites for hydroxylation is 1. The van der Waals surface area contributed by atoms with Crippen LogP contribution in [0.25, 0.3) is 11.3 Å². The lowest BCUT2D eigenvalue weighted by Gasteiger charge is -2.01. The lowest BCUT2D eigenvalue weighted by atomic mass is 10.1. The number of hydrazone groups is 1. The monoisotopic (exact) mass is 372 g/mol. The maximum atomic E-state index is 12.1. The molecule has 3 aromatic rings. The van der Waals surface area contributed by atoms with Gasteiger partial charge in [-0.3, -0.25) is 14.6 Å². The Balaban J connectivity index is 1.75. The number of hydrogen-bond donors (Lipinski definition) is 2. The van der Waals surface area contributed by atoms with E-state index < -0.39 is 0 Å². The van der Waals surface area contributed by atoms with Crippen LogP contribution in [0.15, 0.2) is 52.3 Å². The molecular weight excluding hydrogens is 360 g/mol. The first-order valence-corrected chi connectivity index (χ1v) is 7.56. The van der Waals surface area contributed by atoms with Crippen molar-refractivity contribution in [3.05, 3.63) is 58.5 Å². The first-order chi connectivity index (χ1) is 11.2. The van der Waals surface area contributed by atoms with Gasteiger partial charge in [0, 0.05) is 18.2 Å². The van der Waals surface area contributed by atoms with Gasteiger partial charge in [-0.25, -0.2) is 5.43 Å². The fourth-order valence-electron chi connectivity index (χ4n) is 2.11. The molecule has 1 aromatic carbocycles. The van der Waals surface area contributed by atoms with Crippen LogP contribution in [0.5, 0.6) is 0 Å². The molecule has 1 amide bonds. The molecule has 0 unspecified atom stereocenters. The molecule has 0 spiro atoms. The Morgan fingerprint density at radius 3 is 2.83 bits per heavy atom. The zero-order chi connectivity index (χ0) is 16.2. The topological polar surface area (TPSA) is 88.0 Å². The van der Waals surface area contributed by atoms with Gasteiger partial charge in [0.1, 0.15) is 5.69 Å². The number of nitrogens with zero attached hydrogens (tertiary/aromatic N) is 4. The van der Waals surface area contributed by atoms with Gasteiger partial charge in [0.2, 0.25) is 0 Å². The maximum absolute atomic E-state index is 12.1. The van der Waals surface area contributed by atoms with Gasteiger partial charge in [0.25, 0.3) is 5.91 Å². The highest BCUT2D eigenvalue weighted by Crippen LogP contribution is 2.19. The third-order valence-corrected chi connectivity index (χ3v) is 3.79. The normalized spacial score (nSPS) is 11.0. The summed E-state index contributed by atoms with van der Waals surface area (Å²) in [5.41, 5.74) is 5.49. The highest BCUT2D eigenvalue weighted by atomic mass is 79.9. The van der Waals surface area contributed by atoms with Crippen LogP contribution in [0.2, 0.25) is 0 Å². The van der Waals surface area contributed by atoms with Crippen LogP contribution < -0.4 is 5.43 Å². The van der Waals surface area contributed by atoms with Crippen molar-refractivity contribution in [3.8, 4) is 11.3 Å². The Morgan fingerprint density at radius 1 is 1.35 bits per heavy atom. The third-order valence-electron chi connectivity index (χ3n) is 3.21. The summed E-state index contributed by atoms with van der Waals surface area (Å²) >= 11 is 3.28. The van der Waals surface area contributed by atoms with Crippen molar-refractivity contribution in [1.82, 2.24) is 25.4 Å². The second-order valence-corrected chi connectivity index (χ2v) is 5.58. The van der Waals surface area contributed by atoms with E-state index in [1.807, 2.05) is 30.3 Å². The van der Waals surface area contributed by atoms with E-state index in [0.29, 0.717) is 10.2 Å². The van der Waals surface area contributed by atoms with E-state index in [0.717, 1.165) is 16.8 Å². The summed E-state index contributed by atoms with van der Waals surface area (Å²) in [5.74, 6) is -0.349. The van der Waals surface area contributed by atoms with Crippen molar-refractivity contribution >= 4 is 28.1 Å². The second-order valence-electron chi connectivity index (χ2n) is 4.73. The van der Waals surface area contributed by atoms with Crippen molar-refractivity contribution in [2.75, 3.05) is 0 Å². The Morgan fingerprint density at radius 2 is 2.13 bits per heavy atom. The van der Waals surface area contributed by atoms with E-state index >= 15 is 0 Å². The Hall–Kier alpha value is -2.74. The first-order valence-electron chi connectivity index (χ1n) is 6.76. The minimum Gasteiger partial charge on any atom is -0.277 e. The maximum Gasteiger partial charge on any atom is 0.290 e. The lowest BCUT2D eigenvalue weighted by molar-refractivity contribution is 0.0945. The van der Waals surface area contributed by atoms with E-state index in [1.165, 1.54) is 4.68 Å². The Bertz CT molecular complexity index is 832. The van der Waals surface area contributed by atoms with Gasteiger partial charge in [-0.2, -0.15) is 15.3 Å². The molecule has 0 atom stereocenters. The molecule has 7 nitrogen and oxygen atoms in total. The number of carbonyl (C=O) groups is 1. The van der Waals surface area contributed by atoms with Crippen molar-refractivity contribution in [1.29, 1.82) is 0 Å². The minimum atomic E-state index is -0.349. The Labute approximate surface area is 140 Å². The molecule has 3 rings (SSSR count). The SMILES string of the molecule is Cn1ncc(Br)c1C(=O)N/N=C/c1cn[nH]c1-c1ccccc1. The number of aromatic nitrogens is 4. The van der Waals surface area contributed by atoms with Crippen molar-refractivity contribution < 1.29 is 4.79 Å². The van der Waals surface area contributed by atoms with E-state index in [2.05, 4.69) is 41.8 Å². The summed E-state index contributed by atoms with van der Waals surface area (Å²) in [6.07, 6.45) is 4.76. The summed E-state index contributed by atoms with van der Waals surface area (Å²) in [4.78, 5) is 12.1. The zero-order valence-corrected chi connectivity index (χ0v) is 13.8. The van der Waals surface area contributed by atoms with Crippen LogP contribution in [-0.2, 0) is 7.05 Å². The number of hydrogen-bond acceptors (Lipinski definition) is 4. The summed E-state index contributed by atoms with van der Waals surface area (Å²) < 4.78 is 2.09. The molecule has 0 aliphatic rings. The molecule has 0 saturated carbocycles. The number of halogens is 1. The average molecular weight is 373 g/mol. The van der Waals surface area contributed by atoms with Gasteiger partial charge in [0.05, 0.1) is 28.8 Å². The average Bonchev–Trinajstić information content (AvgIpc) is 3.15. The molecule has 0 saturated heterocycles. The lowest BCUT2D eigenvalue weighted by Crippen LogP contribution is -2.21. The number of amides is 1. The van der Waals surface area contributed by atoms with Crippen LogP contribution in [0.1, 0.15) is 16.1 Å². The summed E-state index contributed by atoms with van der Waals surface area (Å²) in [6.45, 7) is 0. The standard InChI is InChI=1S/C15H13BrN6O/c1-22-14(12(16)9-19-22)15(23)21-18-8-11-7-17-20-13(11)10-5-3-2-4-6-10/h2-9H,1H3,(H,17,20)(H,21,23)/b18-8+. The predicted octanol–water partition coefficient (Wildman–Crippen LogP) is 2.34. The number of rotatable bonds is 4. The van der Waals surface area contributed by atoms with Gasteiger partial charge in [-0.1, -0.05) is 30.3 Å². The molecule has 2 heterocycles. The van der Waals surface area contributed by atoms with E-state index in [1.54, 1.807) is 25.7 Å². The molecule has 2 aromatic heterocycles. The molecule has 0 radical (unpaired) electrons. The molecule has 0 aliphatic carbocycles. The summed E-state index contributed by atoms with van der Waals surface area (Å²) in [7, 11) is 1.69. The van der Waals surface area contributed by atoms with Crippen LogP contribution in [0.3, 0.4) is 0 Å². The number of carbonyl (C=O) groups excluding carboxylic acids is 1. The fourth-order valence-corrected chi connectivity index (χ4v) is 2.64. The van der Waals surface area contributed by atoms with Gasteiger partial charge in [-0.15, -0.1) is 0 Å². The van der Waals surface area contributed by atoms with Gasteiger partial charge in [0.15, 0.2) is 0 Å². The van der Waals surface area contributed by atoms with E-state index in [9.17, 15) is 4.79 Å². The zero-order valence-electron chi connectivity index (χ0n) is 12.2. The van der Waals surface area contributed by atoms with Crippen molar-refractivity contribution in [2.45, 2.75) is 0 Å². The van der Waals surface area contributed by atoms with Crippen LogP contribution >= 0.6 is 15.9 Å². The molecule has 2 N–H and O–H groups in total. The van der Waals surface area contributed by atoms with Crippen molar-refractivity contribution in [3.63, 3.8) is 0 Å². The second kappa shape index (κ2) is 6.57. The number of benzene rings is 1. The predicted molar refractivity (Wildman–Crippen MR) is 90.0 cm³/mol. The molecule has 116 valence electrons. The highest BCUT2D eigenvalue weighted by Gasteiger charge is 2.14. The number of H-pyrrole nitrogens is 1. The van der Waals surface area contributed by atoms with Gasteiger partial charge in [-0.05, 0) is 15.9 Å². The number of aromatic amines is 1. The fraction of sp³-hybridized carbons (Fsp3) is 0.0667. The molecular formula is C15H13BrN6O. The van der Waals surface area contributed by atoms with Crippen LogP contribution in [0.4, 0.5) is 0 Å². The van der Waals surface area contributed by atoms with E-state index in [-0.39, 0.29) is 5.91 Å². The molecule has 0 bridgehead atoms. The Kier molecular flexibility index (Phi) is 4.33. The minimum absolute atomic E-state index is 0.349. The van der Waals surface area contributed by atoms with Gasteiger partial charge < -0.3 is 0 Å². The third kappa shape index (κ3) is 3.21. The highest BCUT2D eigenvalue weighted by molar-refractivity contribution is 9.10. The molecule has 0 fully saturated rings.